The molecule has 0 aliphatic heterocycles. The van der Waals surface area contributed by atoms with E-state index in [4.69, 9.17) is 0 Å². The maximum absolute atomic E-state index is 12.6. The van der Waals surface area contributed by atoms with Gasteiger partial charge in [0.25, 0.3) is 10.0 Å². The Kier molecular flexibility index (Phi) is 4.88. The number of hydrogen-bond acceptors (Lipinski definition) is 5. The van der Waals surface area contributed by atoms with Crippen molar-refractivity contribution in [1.29, 1.82) is 0 Å². The largest absolute Gasteiger partial charge is 0.452 e. The fourth-order valence-corrected chi connectivity index (χ4v) is 4.52. The van der Waals surface area contributed by atoms with Crippen LogP contribution in [0.3, 0.4) is 0 Å². The topological polar surface area (TPSA) is 72.2 Å². The zero-order valence-corrected chi connectivity index (χ0v) is 16.2. The van der Waals surface area contributed by atoms with Crippen molar-refractivity contribution in [1.82, 2.24) is 5.16 Å². The molecule has 0 radical (unpaired) electrons. The van der Waals surface area contributed by atoms with E-state index in [9.17, 15) is 21.6 Å². The molecule has 0 spiro atoms. The number of alkyl halides is 3. The van der Waals surface area contributed by atoms with Crippen LogP contribution in [0.2, 0.25) is 0 Å². The summed E-state index contributed by atoms with van der Waals surface area (Å²) in [6.07, 6.45) is -4.66. The molecule has 3 aromatic rings. The Bertz CT molecular complexity index is 1060. The maximum atomic E-state index is 12.6. The third-order valence-corrected chi connectivity index (χ3v) is 7.05. The van der Waals surface area contributed by atoms with E-state index in [1.54, 1.807) is 18.2 Å². The molecule has 0 saturated heterocycles. The van der Waals surface area contributed by atoms with Crippen molar-refractivity contribution in [2.75, 3.05) is 4.72 Å². The Labute approximate surface area is 159 Å². The van der Waals surface area contributed by atoms with Crippen molar-refractivity contribution in [3.05, 3.63) is 51.5 Å². The summed E-state index contributed by atoms with van der Waals surface area (Å²) >= 11 is 4.20. The Morgan fingerprint density at radius 2 is 1.96 bits per heavy atom. The first kappa shape index (κ1) is 18.9. The van der Waals surface area contributed by atoms with E-state index in [1.807, 2.05) is 6.92 Å². The number of halogens is 4. The average Bonchev–Trinajstić information content (AvgIpc) is 3.18. The number of benzene rings is 1. The molecule has 5 nitrogen and oxygen atoms in total. The second-order valence-electron chi connectivity index (χ2n) is 5.30. The molecule has 2 heterocycles. The second-order valence-corrected chi connectivity index (χ2v) is 8.97. The molecule has 0 saturated carbocycles. The van der Waals surface area contributed by atoms with Crippen molar-refractivity contribution in [3.63, 3.8) is 0 Å². The van der Waals surface area contributed by atoms with Crippen LogP contribution >= 0.6 is 27.3 Å². The van der Waals surface area contributed by atoms with Crippen LogP contribution in [-0.4, -0.2) is 13.6 Å². The van der Waals surface area contributed by atoms with Gasteiger partial charge in [-0.1, -0.05) is 21.1 Å². The molecule has 1 aromatic carbocycles. The van der Waals surface area contributed by atoms with Gasteiger partial charge in [0.1, 0.15) is 9.90 Å². The van der Waals surface area contributed by atoms with Gasteiger partial charge in [0.2, 0.25) is 5.76 Å². The number of aryl methyl sites for hydroxylation is 1. The van der Waals surface area contributed by atoms with Crippen LogP contribution in [0.15, 0.2) is 48.9 Å². The fourth-order valence-electron chi connectivity index (χ4n) is 2.05. The standard InChI is InChI=1S/C15H10BrF3N2O3S2/c1-8-4-10(2-3-11(8)16)21-26(22,23)14-5-9(7-25-14)12-6-13(24-20-12)15(17,18)19/h2-7,21H,1H3. The summed E-state index contributed by atoms with van der Waals surface area (Å²) in [5.41, 5.74) is 1.36. The van der Waals surface area contributed by atoms with Gasteiger partial charge >= 0.3 is 6.18 Å². The highest BCUT2D eigenvalue weighted by atomic mass is 79.9. The van der Waals surface area contributed by atoms with E-state index >= 15 is 0 Å². The van der Waals surface area contributed by atoms with E-state index < -0.39 is 22.0 Å². The molecule has 1 N–H and O–H groups in total. The molecule has 11 heteroatoms. The second kappa shape index (κ2) is 6.71. The van der Waals surface area contributed by atoms with E-state index in [1.165, 1.54) is 11.4 Å². The van der Waals surface area contributed by atoms with Gasteiger partial charge in [-0.05, 0) is 36.8 Å². The molecular weight excluding hydrogens is 457 g/mol. The molecule has 3 rings (SSSR count). The molecule has 26 heavy (non-hydrogen) atoms. The van der Waals surface area contributed by atoms with Crippen molar-refractivity contribution >= 4 is 43.0 Å². The number of anilines is 1. The van der Waals surface area contributed by atoms with Crippen LogP contribution in [0.1, 0.15) is 11.3 Å². The quantitative estimate of drug-likeness (QED) is 0.566. The molecule has 0 unspecified atom stereocenters. The van der Waals surface area contributed by atoms with Gasteiger partial charge in [0.15, 0.2) is 0 Å². The van der Waals surface area contributed by atoms with Gasteiger partial charge in [0, 0.05) is 27.2 Å². The van der Waals surface area contributed by atoms with Crippen LogP contribution in [0.4, 0.5) is 18.9 Å². The molecule has 0 aliphatic rings. The number of nitrogens with one attached hydrogen (secondary N) is 1. The summed E-state index contributed by atoms with van der Waals surface area (Å²) in [4.78, 5) is 0. The smallest absolute Gasteiger partial charge is 0.351 e. The van der Waals surface area contributed by atoms with Crippen LogP contribution in [0.5, 0.6) is 0 Å². The maximum Gasteiger partial charge on any atom is 0.452 e. The third kappa shape index (κ3) is 3.94. The van der Waals surface area contributed by atoms with E-state index in [0.717, 1.165) is 27.4 Å². The molecule has 138 valence electrons. The lowest BCUT2D eigenvalue weighted by atomic mass is 10.2. The summed E-state index contributed by atoms with van der Waals surface area (Å²) in [6.45, 7) is 1.81. The third-order valence-electron chi connectivity index (χ3n) is 3.34. The van der Waals surface area contributed by atoms with Gasteiger partial charge in [-0.25, -0.2) is 8.42 Å². The summed E-state index contributed by atoms with van der Waals surface area (Å²) in [7, 11) is -3.88. The molecule has 0 aliphatic carbocycles. The van der Waals surface area contributed by atoms with Crippen molar-refractivity contribution in [3.8, 4) is 11.3 Å². The fraction of sp³-hybridized carbons (Fsp3) is 0.133. The Morgan fingerprint density at radius 1 is 1.23 bits per heavy atom. The Hall–Kier alpha value is -1.85. The highest BCUT2D eigenvalue weighted by Crippen LogP contribution is 2.34. The first-order chi connectivity index (χ1) is 12.1. The minimum atomic E-state index is -4.66. The lowest BCUT2D eigenvalue weighted by Crippen LogP contribution is -2.11. The van der Waals surface area contributed by atoms with Gasteiger partial charge in [-0.15, -0.1) is 11.3 Å². The number of rotatable bonds is 4. The highest BCUT2D eigenvalue weighted by Gasteiger charge is 2.36. The van der Waals surface area contributed by atoms with Gasteiger partial charge in [-0.2, -0.15) is 13.2 Å². The number of hydrogen-bond donors (Lipinski definition) is 1. The van der Waals surface area contributed by atoms with Gasteiger partial charge < -0.3 is 4.52 Å². The SMILES string of the molecule is Cc1cc(NS(=O)(=O)c2cc(-c3cc(C(F)(F)F)on3)cs2)ccc1Br. The van der Waals surface area contributed by atoms with Crippen molar-refractivity contribution in [2.45, 2.75) is 17.3 Å². The first-order valence-electron chi connectivity index (χ1n) is 6.98. The molecule has 0 amide bonds. The minimum Gasteiger partial charge on any atom is -0.351 e. The van der Waals surface area contributed by atoms with Gasteiger partial charge in [-0.3, -0.25) is 4.72 Å². The average molecular weight is 467 g/mol. The summed E-state index contributed by atoms with van der Waals surface area (Å²) in [6, 6.07) is 6.93. The van der Waals surface area contributed by atoms with Crippen molar-refractivity contribution < 1.29 is 26.1 Å². The zero-order valence-electron chi connectivity index (χ0n) is 13.0. The number of thiophene rings is 1. The zero-order chi connectivity index (χ0) is 19.1. The Morgan fingerprint density at radius 3 is 2.58 bits per heavy atom. The predicted octanol–water partition coefficient (Wildman–Crippen LogP) is 5.29. The van der Waals surface area contributed by atoms with Crippen LogP contribution in [0, 0.1) is 6.92 Å². The lowest BCUT2D eigenvalue weighted by molar-refractivity contribution is -0.155. The number of nitrogens with zero attached hydrogens (tertiary/aromatic N) is 1. The molecule has 0 fully saturated rings. The van der Waals surface area contributed by atoms with Crippen LogP contribution in [0.25, 0.3) is 11.3 Å². The van der Waals surface area contributed by atoms with Crippen molar-refractivity contribution in [2.24, 2.45) is 0 Å². The van der Waals surface area contributed by atoms with Gasteiger partial charge in [0.05, 0.1) is 0 Å². The first-order valence-corrected chi connectivity index (χ1v) is 10.1. The van der Waals surface area contributed by atoms with Crippen LogP contribution < -0.4 is 4.72 Å². The summed E-state index contributed by atoms with van der Waals surface area (Å²) in [5, 5.41) is 4.75. The molecule has 0 bridgehead atoms. The minimum absolute atomic E-state index is 0.0513. The molecular formula is C15H10BrF3N2O3S2. The predicted molar refractivity (Wildman–Crippen MR) is 94.5 cm³/mol. The van der Waals surface area contributed by atoms with Crippen LogP contribution in [-0.2, 0) is 16.2 Å². The highest BCUT2D eigenvalue weighted by molar-refractivity contribution is 9.10. The number of sulfonamides is 1. The normalized spacial score (nSPS) is 12.3. The monoisotopic (exact) mass is 466 g/mol. The molecule has 0 atom stereocenters. The lowest BCUT2D eigenvalue weighted by Gasteiger charge is -2.07. The summed E-state index contributed by atoms with van der Waals surface area (Å²) < 4.78 is 70.1. The summed E-state index contributed by atoms with van der Waals surface area (Å²) in [5.74, 6) is -1.24. The van der Waals surface area contributed by atoms with E-state index in [-0.39, 0.29) is 15.5 Å². The molecule has 2 aromatic heterocycles. The van der Waals surface area contributed by atoms with E-state index in [0.29, 0.717) is 5.69 Å². The number of aromatic nitrogens is 1. The van der Waals surface area contributed by atoms with E-state index in [2.05, 4.69) is 30.3 Å². The Balaban J connectivity index is 1.86.